The highest BCUT2D eigenvalue weighted by Gasteiger charge is 2.26. The Morgan fingerprint density at radius 3 is 0.928 bits per heavy atom. The molecule has 0 aromatic rings. The second-order valence-electron chi connectivity index (χ2n) is 20.2. The van der Waals surface area contributed by atoms with E-state index in [2.05, 4.69) is 208 Å². The average Bonchev–Trinajstić information content (AvgIpc) is 3.49. The Labute approximate surface area is 506 Å². The average molecular weight is 1160 g/mol. The van der Waals surface area contributed by atoms with Crippen molar-refractivity contribution in [3.8, 4) is 0 Å². The monoisotopic (exact) mass is 1160 g/mol. The topological polar surface area (TPSA) is 134 Å². The van der Waals surface area contributed by atoms with E-state index in [0.29, 0.717) is 12.8 Å². The first-order chi connectivity index (χ1) is 40.8. The zero-order valence-electron chi connectivity index (χ0n) is 51.8. The molecule has 0 aromatic carbocycles. The molecule has 10 heteroatoms. The number of rotatable bonds is 57. The first-order valence-electron chi connectivity index (χ1n) is 31.9. The minimum atomic E-state index is -4.42. The minimum Gasteiger partial charge on any atom is -0.462 e. The second-order valence-corrected chi connectivity index (χ2v) is 21.6. The van der Waals surface area contributed by atoms with Gasteiger partial charge in [0.1, 0.15) is 6.61 Å². The minimum absolute atomic E-state index is 0.0367. The van der Waals surface area contributed by atoms with Gasteiger partial charge in [-0.2, -0.15) is 0 Å². The molecule has 83 heavy (non-hydrogen) atoms. The van der Waals surface area contributed by atoms with E-state index in [4.69, 9.17) is 24.3 Å². The number of hydrogen-bond acceptors (Lipinski definition) is 8. The molecule has 0 bridgehead atoms. The molecule has 0 fully saturated rings. The third kappa shape index (κ3) is 65.9. The summed E-state index contributed by atoms with van der Waals surface area (Å²) in [6.07, 6.45) is 101. The lowest BCUT2D eigenvalue weighted by atomic mass is 10.1. The maximum absolute atomic E-state index is 12.7. The fourth-order valence-electron chi connectivity index (χ4n) is 7.84. The molecule has 0 rings (SSSR count). The summed E-state index contributed by atoms with van der Waals surface area (Å²) in [5, 5.41) is 0. The molecule has 0 saturated carbocycles. The van der Waals surface area contributed by atoms with Crippen LogP contribution in [0.3, 0.4) is 0 Å². The summed E-state index contributed by atoms with van der Waals surface area (Å²) in [6, 6.07) is 0. The maximum atomic E-state index is 12.7. The quantitative estimate of drug-likeness (QED) is 0.0264. The van der Waals surface area contributed by atoms with E-state index in [1.54, 1.807) is 0 Å². The van der Waals surface area contributed by atoms with Crippen molar-refractivity contribution in [2.75, 3.05) is 26.4 Å². The van der Waals surface area contributed by atoms with Crippen molar-refractivity contribution in [2.45, 2.75) is 225 Å². The highest BCUT2D eigenvalue weighted by Crippen LogP contribution is 2.43. The Balaban J connectivity index is 4.10. The van der Waals surface area contributed by atoms with E-state index in [0.717, 1.165) is 161 Å². The molecule has 2 atom stereocenters. The molecule has 0 aliphatic rings. The summed E-state index contributed by atoms with van der Waals surface area (Å²) >= 11 is 0. The SMILES string of the molecule is CC/C=C\C/C=C\C/C=C\C/C=C\C/C=C\C/C=C\C/C=C\C/C=C\C/C=C\CCCCCCCC(=O)OC(COC(=O)CCCCCCCCC/C=C\C/C=C\C/C=C\C/C=C\C/C=C\C/C=C\C/C=C\CC)COP(=O)(O)OCCN. The van der Waals surface area contributed by atoms with E-state index >= 15 is 0 Å². The zero-order valence-corrected chi connectivity index (χ0v) is 52.7. The molecule has 0 heterocycles. The van der Waals surface area contributed by atoms with Gasteiger partial charge in [0.15, 0.2) is 6.10 Å². The predicted octanol–water partition coefficient (Wildman–Crippen LogP) is 21.0. The van der Waals surface area contributed by atoms with Crippen molar-refractivity contribution in [1.82, 2.24) is 0 Å². The van der Waals surface area contributed by atoms with Crippen LogP contribution in [0.4, 0.5) is 0 Å². The van der Waals surface area contributed by atoms with Crippen LogP contribution in [0.5, 0.6) is 0 Å². The van der Waals surface area contributed by atoms with Crippen molar-refractivity contribution < 1.29 is 37.6 Å². The van der Waals surface area contributed by atoms with E-state index < -0.39 is 32.5 Å². The summed E-state index contributed by atoms with van der Waals surface area (Å²) < 4.78 is 33.1. The molecule has 0 aromatic heterocycles. The standard InChI is InChI=1S/C73H114NO8P/c1-3-5-7-9-11-13-15-17-19-21-23-25-27-29-31-33-34-35-36-38-40-42-44-46-48-50-52-54-56-58-60-62-64-66-73(76)82-71(70-81-83(77,78)80-68-67-74)69-79-72(75)65-63-61-59-57-55-53-51-49-47-45-43-41-39-37-32-30-28-26-24-22-20-18-16-14-12-10-8-6-4-2/h5-8,11-14,17-20,23-26,29-32,34-35,38-41,44-47,50,52,71H,3-4,9-10,15-16,21-22,27-28,33,36-37,42-43,48-49,51,53-70,74H2,1-2H3,(H,77,78)/b7-5-,8-6-,13-11-,14-12-,19-17-,20-18-,25-23-,26-24-,31-29-,32-30-,35-34-,40-38-,41-39-,46-44-,47-45-,52-50-. The number of phosphoric acid groups is 1. The fraction of sp³-hybridized carbons (Fsp3) is 0.534. The molecule has 0 radical (unpaired) electrons. The van der Waals surface area contributed by atoms with Crippen LogP contribution >= 0.6 is 7.82 Å². The number of ether oxygens (including phenoxy) is 2. The summed E-state index contributed by atoms with van der Waals surface area (Å²) in [5.41, 5.74) is 5.39. The Bertz CT molecular complexity index is 2060. The van der Waals surface area contributed by atoms with Crippen LogP contribution in [-0.2, 0) is 32.7 Å². The summed E-state index contributed by atoms with van der Waals surface area (Å²) in [4.78, 5) is 35.3. The molecule has 2 unspecified atom stereocenters. The van der Waals surface area contributed by atoms with Gasteiger partial charge in [0, 0.05) is 19.4 Å². The van der Waals surface area contributed by atoms with Crippen LogP contribution in [0.25, 0.3) is 0 Å². The highest BCUT2D eigenvalue weighted by molar-refractivity contribution is 7.47. The summed E-state index contributed by atoms with van der Waals surface area (Å²) in [7, 11) is -4.42. The molecule has 3 N–H and O–H groups in total. The van der Waals surface area contributed by atoms with Crippen molar-refractivity contribution >= 4 is 19.8 Å². The normalized spacial score (nSPS) is 14.3. The van der Waals surface area contributed by atoms with Gasteiger partial charge in [0.25, 0.3) is 0 Å². The largest absolute Gasteiger partial charge is 0.472 e. The smallest absolute Gasteiger partial charge is 0.462 e. The Kier molecular flexibility index (Phi) is 61.9. The van der Waals surface area contributed by atoms with E-state index in [1.807, 2.05) is 0 Å². The number of carbonyl (C=O) groups excluding carboxylic acids is 2. The third-order valence-electron chi connectivity index (χ3n) is 12.5. The lowest BCUT2D eigenvalue weighted by Gasteiger charge is -2.19. The summed E-state index contributed by atoms with van der Waals surface area (Å²) in [6.45, 7) is 3.45. The molecule has 0 aliphatic carbocycles. The predicted molar refractivity (Wildman–Crippen MR) is 357 cm³/mol. The van der Waals surface area contributed by atoms with Crippen LogP contribution in [0, 0.1) is 0 Å². The van der Waals surface area contributed by atoms with Gasteiger partial charge in [-0.25, -0.2) is 4.57 Å². The van der Waals surface area contributed by atoms with Crippen molar-refractivity contribution in [2.24, 2.45) is 5.73 Å². The van der Waals surface area contributed by atoms with Crippen LogP contribution in [0.15, 0.2) is 194 Å². The van der Waals surface area contributed by atoms with Gasteiger partial charge in [0.2, 0.25) is 0 Å². The van der Waals surface area contributed by atoms with Gasteiger partial charge < -0.3 is 20.1 Å². The number of hydrogen-bond donors (Lipinski definition) is 2. The highest BCUT2D eigenvalue weighted by atomic mass is 31.2. The lowest BCUT2D eigenvalue weighted by Crippen LogP contribution is -2.29. The first-order valence-corrected chi connectivity index (χ1v) is 33.4. The van der Waals surface area contributed by atoms with Crippen molar-refractivity contribution in [1.29, 1.82) is 0 Å². The zero-order chi connectivity index (χ0) is 60.1. The molecule has 0 spiro atoms. The molecule has 464 valence electrons. The van der Waals surface area contributed by atoms with Crippen LogP contribution in [0.1, 0.15) is 219 Å². The van der Waals surface area contributed by atoms with Crippen LogP contribution < -0.4 is 5.73 Å². The lowest BCUT2D eigenvalue weighted by molar-refractivity contribution is -0.161. The molecular formula is C73H114NO8P. The molecule has 0 aliphatic heterocycles. The van der Waals surface area contributed by atoms with E-state index in [-0.39, 0.29) is 32.6 Å². The van der Waals surface area contributed by atoms with Crippen LogP contribution in [-0.4, -0.2) is 49.3 Å². The number of phosphoric ester groups is 1. The fourth-order valence-corrected chi connectivity index (χ4v) is 8.61. The number of esters is 2. The molecule has 0 saturated heterocycles. The molecule has 0 amide bonds. The summed E-state index contributed by atoms with van der Waals surface area (Å²) in [5.74, 6) is -0.880. The van der Waals surface area contributed by atoms with Crippen molar-refractivity contribution in [3.05, 3.63) is 194 Å². The number of nitrogens with two attached hydrogens (primary N) is 1. The van der Waals surface area contributed by atoms with Gasteiger partial charge in [0.05, 0.1) is 13.2 Å². The molecule has 9 nitrogen and oxygen atoms in total. The number of allylic oxidation sites excluding steroid dienone is 32. The van der Waals surface area contributed by atoms with Gasteiger partial charge >= 0.3 is 19.8 Å². The Morgan fingerprint density at radius 2 is 0.627 bits per heavy atom. The van der Waals surface area contributed by atoms with Gasteiger partial charge in [-0.05, 0) is 141 Å². The van der Waals surface area contributed by atoms with Crippen molar-refractivity contribution in [3.63, 3.8) is 0 Å². The van der Waals surface area contributed by atoms with Gasteiger partial charge in [-0.3, -0.25) is 18.6 Å². The first kappa shape index (κ1) is 77.9. The number of unbranched alkanes of at least 4 members (excludes halogenated alkanes) is 12. The molecular weight excluding hydrogens is 1050 g/mol. The Morgan fingerprint density at radius 1 is 0.361 bits per heavy atom. The third-order valence-corrected chi connectivity index (χ3v) is 13.5. The second kappa shape index (κ2) is 66.0. The van der Waals surface area contributed by atoms with E-state index in [1.165, 1.54) is 19.3 Å². The van der Waals surface area contributed by atoms with E-state index in [9.17, 15) is 19.0 Å². The van der Waals surface area contributed by atoms with Crippen LogP contribution in [0.2, 0.25) is 0 Å². The van der Waals surface area contributed by atoms with Gasteiger partial charge in [-0.15, -0.1) is 0 Å². The number of carbonyl (C=O) groups is 2. The van der Waals surface area contributed by atoms with Gasteiger partial charge in [-0.1, -0.05) is 260 Å². The Hall–Kier alpha value is -5.15. The maximum Gasteiger partial charge on any atom is 0.472 e.